The summed E-state index contributed by atoms with van der Waals surface area (Å²) >= 11 is 6.06. The number of aromatic hydroxyl groups is 1. The van der Waals surface area contributed by atoms with Crippen LogP contribution in [0.3, 0.4) is 0 Å². The Bertz CT molecular complexity index is 467. The number of alkyl halides is 1. The molecule has 0 aliphatic heterocycles. The zero-order valence-electron chi connectivity index (χ0n) is 11.2. The lowest BCUT2D eigenvalue weighted by Gasteiger charge is -2.26. The van der Waals surface area contributed by atoms with Gasteiger partial charge in [0.1, 0.15) is 5.75 Å². The molecule has 4 heteroatoms. The van der Waals surface area contributed by atoms with Crippen molar-refractivity contribution in [1.82, 2.24) is 5.32 Å². The maximum atomic E-state index is 12.2. The minimum Gasteiger partial charge on any atom is -0.508 e. The van der Waals surface area contributed by atoms with E-state index in [9.17, 15) is 9.90 Å². The van der Waals surface area contributed by atoms with Crippen LogP contribution in [-0.4, -0.2) is 23.4 Å². The molecule has 1 amide bonds. The number of carbonyl (C=O) groups excluding carboxylic acids is 1. The number of halogens is 1. The van der Waals surface area contributed by atoms with E-state index in [4.69, 9.17) is 11.6 Å². The quantitative estimate of drug-likeness (QED) is 0.833. The number of rotatable bonds is 4. The predicted octanol–water partition coefficient (Wildman–Crippen LogP) is 3.23. The lowest BCUT2D eigenvalue weighted by molar-refractivity contribution is 0.0934. The van der Waals surface area contributed by atoms with E-state index in [0.29, 0.717) is 23.6 Å². The monoisotopic (exact) mass is 281 g/mol. The second-order valence-corrected chi connectivity index (χ2v) is 5.74. The molecule has 0 radical (unpaired) electrons. The minimum atomic E-state index is -0.134. The second-order valence-electron chi connectivity index (χ2n) is 5.47. The van der Waals surface area contributed by atoms with Crippen molar-refractivity contribution in [2.24, 2.45) is 5.41 Å². The predicted molar refractivity (Wildman–Crippen MR) is 76.8 cm³/mol. The number of phenols is 1. The number of carbonyl (C=O) groups is 1. The summed E-state index contributed by atoms with van der Waals surface area (Å²) in [6, 6.07) is 5.00. The fourth-order valence-corrected chi connectivity index (χ4v) is 3.08. The van der Waals surface area contributed by atoms with E-state index in [1.165, 1.54) is 12.8 Å². The van der Waals surface area contributed by atoms with Crippen molar-refractivity contribution in [3.63, 3.8) is 0 Å². The molecule has 0 unspecified atom stereocenters. The average Bonchev–Trinajstić information content (AvgIpc) is 2.89. The number of hydrogen-bond acceptors (Lipinski definition) is 2. The van der Waals surface area contributed by atoms with Crippen molar-refractivity contribution in [3.8, 4) is 5.75 Å². The van der Waals surface area contributed by atoms with Crippen LogP contribution in [0.1, 0.15) is 41.6 Å². The van der Waals surface area contributed by atoms with Crippen LogP contribution in [0.25, 0.3) is 0 Å². The SMILES string of the molecule is Cc1c(O)cccc1C(=O)NCC1(CCl)CCCC1. The summed E-state index contributed by atoms with van der Waals surface area (Å²) in [4.78, 5) is 12.2. The number of phenolic OH excluding ortho intramolecular Hbond substituents is 1. The van der Waals surface area contributed by atoms with Gasteiger partial charge in [0, 0.05) is 29.0 Å². The van der Waals surface area contributed by atoms with Crippen molar-refractivity contribution in [1.29, 1.82) is 0 Å². The van der Waals surface area contributed by atoms with Gasteiger partial charge in [0.25, 0.3) is 5.91 Å². The molecule has 0 bridgehead atoms. The van der Waals surface area contributed by atoms with Crippen molar-refractivity contribution in [2.45, 2.75) is 32.6 Å². The van der Waals surface area contributed by atoms with Gasteiger partial charge in [-0.05, 0) is 31.9 Å². The summed E-state index contributed by atoms with van der Waals surface area (Å²) in [5.41, 5.74) is 1.20. The Kier molecular flexibility index (Phi) is 4.35. The molecule has 1 aliphatic rings. The summed E-state index contributed by atoms with van der Waals surface area (Å²) < 4.78 is 0. The highest BCUT2D eigenvalue weighted by Gasteiger charge is 2.33. The van der Waals surface area contributed by atoms with Crippen LogP contribution in [0, 0.1) is 12.3 Å². The van der Waals surface area contributed by atoms with Gasteiger partial charge in [0.05, 0.1) is 0 Å². The van der Waals surface area contributed by atoms with E-state index < -0.39 is 0 Å². The Morgan fingerprint density at radius 2 is 2.11 bits per heavy atom. The summed E-state index contributed by atoms with van der Waals surface area (Å²) in [6.45, 7) is 2.36. The topological polar surface area (TPSA) is 49.3 Å². The first-order valence-electron chi connectivity index (χ1n) is 6.71. The van der Waals surface area contributed by atoms with E-state index in [1.54, 1.807) is 25.1 Å². The van der Waals surface area contributed by atoms with Crippen LogP contribution in [0.5, 0.6) is 5.75 Å². The summed E-state index contributed by atoms with van der Waals surface area (Å²) in [5.74, 6) is 0.608. The molecule has 104 valence electrons. The van der Waals surface area contributed by atoms with Gasteiger partial charge in [-0.1, -0.05) is 18.9 Å². The molecule has 0 spiro atoms. The first-order chi connectivity index (χ1) is 9.08. The van der Waals surface area contributed by atoms with Crippen LogP contribution in [-0.2, 0) is 0 Å². The van der Waals surface area contributed by atoms with Crippen molar-refractivity contribution in [2.75, 3.05) is 12.4 Å². The molecular formula is C15H20ClNO2. The number of nitrogens with one attached hydrogen (secondary N) is 1. The van der Waals surface area contributed by atoms with E-state index in [0.717, 1.165) is 12.8 Å². The molecule has 0 heterocycles. The minimum absolute atomic E-state index is 0.0575. The molecule has 0 atom stereocenters. The van der Waals surface area contributed by atoms with Gasteiger partial charge < -0.3 is 10.4 Å². The number of hydrogen-bond donors (Lipinski definition) is 2. The first kappa shape index (κ1) is 14.2. The number of amides is 1. The first-order valence-corrected chi connectivity index (χ1v) is 7.24. The molecule has 0 aromatic heterocycles. The van der Waals surface area contributed by atoms with Crippen LogP contribution in [0.2, 0.25) is 0 Å². The van der Waals surface area contributed by atoms with E-state index in [1.807, 2.05) is 0 Å². The maximum Gasteiger partial charge on any atom is 0.251 e. The molecule has 1 aliphatic carbocycles. The van der Waals surface area contributed by atoms with Crippen molar-refractivity contribution in [3.05, 3.63) is 29.3 Å². The second kappa shape index (κ2) is 5.83. The van der Waals surface area contributed by atoms with Crippen molar-refractivity contribution >= 4 is 17.5 Å². The third-order valence-corrected chi connectivity index (χ3v) is 4.69. The fraction of sp³-hybridized carbons (Fsp3) is 0.533. The summed E-state index contributed by atoms with van der Waals surface area (Å²) in [5, 5.41) is 12.6. The van der Waals surface area contributed by atoms with Gasteiger partial charge in [0.15, 0.2) is 0 Å². The van der Waals surface area contributed by atoms with E-state index in [-0.39, 0.29) is 17.1 Å². The summed E-state index contributed by atoms with van der Waals surface area (Å²) in [6.07, 6.45) is 4.53. The highest BCUT2D eigenvalue weighted by atomic mass is 35.5. The third kappa shape index (κ3) is 3.03. The highest BCUT2D eigenvalue weighted by Crippen LogP contribution is 2.38. The van der Waals surface area contributed by atoms with Gasteiger partial charge in [-0.25, -0.2) is 0 Å². The molecule has 3 nitrogen and oxygen atoms in total. The lowest BCUT2D eigenvalue weighted by Crippen LogP contribution is -2.37. The Labute approximate surface area is 119 Å². The third-order valence-electron chi connectivity index (χ3n) is 4.12. The van der Waals surface area contributed by atoms with Crippen LogP contribution < -0.4 is 5.32 Å². The van der Waals surface area contributed by atoms with E-state index in [2.05, 4.69) is 5.32 Å². The molecule has 1 fully saturated rings. The molecule has 2 N–H and O–H groups in total. The highest BCUT2D eigenvalue weighted by molar-refractivity contribution is 6.18. The smallest absolute Gasteiger partial charge is 0.251 e. The zero-order valence-corrected chi connectivity index (χ0v) is 12.0. The van der Waals surface area contributed by atoms with Gasteiger partial charge in [0.2, 0.25) is 0 Å². The molecule has 1 aromatic carbocycles. The lowest BCUT2D eigenvalue weighted by atomic mass is 9.88. The van der Waals surface area contributed by atoms with Gasteiger partial charge >= 0.3 is 0 Å². The molecule has 0 saturated heterocycles. The molecule has 1 aromatic rings. The average molecular weight is 282 g/mol. The van der Waals surface area contributed by atoms with Crippen LogP contribution in [0.4, 0.5) is 0 Å². The van der Waals surface area contributed by atoms with Crippen molar-refractivity contribution < 1.29 is 9.90 Å². The van der Waals surface area contributed by atoms with Gasteiger partial charge in [-0.2, -0.15) is 0 Å². The molecular weight excluding hydrogens is 262 g/mol. The molecule has 19 heavy (non-hydrogen) atoms. The van der Waals surface area contributed by atoms with Gasteiger partial charge in [-0.3, -0.25) is 4.79 Å². The molecule has 2 rings (SSSR count). The standard InChI is InChI=1S/C15H20ClNO2/c1-11-12(5-4-6-13(11)18)14(19)17-10-15(9-16)7-2-3-8-15/h4-6,18H,2-3,7-10H2,1H3,(H,17,19). The zero-order chi connectivity index (χ0) is 13.9. The Hall–Kier alpha value is -1.22. The Morgan fingerprint density at radius 1 is 1.42 bits per heavy atom. The van der Waals surface area contributed by atoms with Crippen LogP contribution in [0.15, 0.2) is 18.2 Å². The van der Waals surface area contributed by atoms with Crippen LogP contribution >= 0.6 is 11.6 Å². The van der Waals surface area contributed by atoms with Gasteiger partial charge in [-0.15, -0.1) is 11.6 Å². The fourth-order valence-electron chi connectivity index (χ4n) is 2.72. The number of benzene rings is 1. The largest absolute Gasteiger partial charge is 0.508 e. The maximum absolute atomic E-state index is 12.2. The van der Waals surface area contributed by atoms with E-state index >= 15 is 0 Å². The Balaban J connectivity index is 2.03. The summed E-state index contributed by atoms with van der Waals surface area (Å²) in [7, 11) is 0. The molecule has 1 saturated carbocycles. The Morgan fingerprint density at radius 3 is 2.74 bits per heavy atom. The normalized spacial score (nSPS) is 17.4.